The normalized spacial score (nSPS) is 21.1. The minimum atomic E-state index is -0.953. The van der Waals surface area contributed by atoms with Crippen LogP contribution >= 0.6 is 0 Å². The Bertz CT molecular complexity index is 1180. The number of para-hydroxylation sites is 1. The number of nitrogens with one attached hydrogen (secondary N) is 1. The number of fused-ring (bicyclic) bond motifs is 1. The molecule has 2 fully saturated rings. The molecule has 3 heterocycles. The highest BCUT2D eigenvalue weighted by atomic mass is 16.5. The topological polar surface area (TPSA) is 123 Å². The van der Waals surface area contributed by atoms with Gasteiger partial charge >= 0.3 is 11.8 Å². The van der Waals surface area contributed by atoms with E-state index in [1.165, 1.54) is 14.0 Å². The first-order chi connectivity index (χ1) is 14.9. The van der Waals surface area contributed by atoms with Gasteiger partial charge in [-0.1, -0.05) is 17.9 Å². The number of imide groups is 1. The number of amides is 3. The van der Waals surface area contributed by atoms with E-state index < -0.39 is 18.0 Å². The Hall–Kier alpha value is -3.58. The summed E-state index contributed by atoms with van der Waals surface area (Å²) in [7, 11) is 1.62. The summed E-state index contributed by atoms with van der Waals surface area (Å²) in [5.41, 5.74) is 1.44. The molecule has 10 nitrogen and oxygen atoms in total. The first kappa shape index (κ1) is 20.7. The molecule has 162 valence electrons. The van der Waals surface area contributed by atoms with E-state index in [4.69, 9.17) is 9.84 Å². The third kappa shape index (κ3) is 3.92. The highest BCUT2D eigenvalue weighted by Crippen LogP contribution is 2.24. The van der Waals surface area contributed by atoms with E-state index in [1.54, 1.807) is 25.2 Å². The SMILES string of the molecule is Cn1c(=O)n(C2CCC(=O)NC2=O)c2cccc(C#CCO[C@@H]3CCN(C(=O)O)C3)c21. The van der Waals surface area contributed by atoms with Crippen molar-refractivity contribution in [3.63, 3.8) is 0 Å². The van der Waals surface area contributed by atoms with E-state index in [2.05, 4.69) is 17.2 Å². The number of nitrogens with zero attached hydrogens (tertiary/aromatic N) is 3. The van der Waals surface area contributed by atoms with E-state index in [0.29, 0.717) is 36.1 Å². The Morgan fingerprint density at radius 1 is 1.29 bits per heavy atom. The monoisotopic (exact) mass is 426 g/mol. The maximum Gasteiger partial charge on any atom is 0.407 e. The molecule has 2 aromatic rings. The number of benzene rings is 1. The van der Waals surface area contributed by atoms with Crippen molar-refractivity contribution in [1.29, 1.82) is 0 Å². The Labute approximate surface area is 177 Å². The van der Waals surface area contributed by atoms with E-state index in [1.807, 2.05) is 0 Å². The standard InChI is InChI=1S/C21H22N4O6/c1-23-18-13(5-3-11-31-14-9-10-24(12-14)21(29)30)4-2-6-15(18)25(20(23)28)16-7-8-17(26)22-19(16)27/h2,4,6,14,16H,7-12H2,1H3,(H,29,30)(H,22,26,27)/t14-,16?/m1/s1. The van der Waals surface area contributed by atoms with Gasteiger partial charge in [-0.2, -0.15) is 0 Å². The van der Waals surface area contributed by atoms with Crippen molar-refractivity contribution in [2.45, 2.75) is 31.4 Å². The largest absolute Gasteiger partial charge is 0.465 e. The number of aryl methyl sites for hydroxylation is 1. The van der Waals surface area contributed by atoms with Crippen molar-refractivity contribution < 1.29 is 24.2 Å². The number of rotatable bonds is 3. The van der Waals surface area contributed by atoms with E-state index in [-0.39, 0.29) is 37.1 Å². The van der Waals surface area contributed by atoms with E-state index >= 15 is 0 Å². The lowest BCUT2D eigenvalue weighted by Crippen LogP contribution is -2.44. The number of piperidine rings is 1. The van der Waals surface area contributed by atoms with Crippen LogP contribution in [-0.2, 0) is 21.4 Å². The summed E-state index contributed by atoms with van der Waals surface area (Å²) in [6.45, 7) is 0.912. The van der Waals surface area contributed by atoms with Crippen LogP contribution < -0.4 is 11.0 Å². The van der Waals surface area contributed by atoms with Crippen molar-refractivity contribution >= 4 is 28.9 Å². The fourth-order valence-electron chi connectivity index (χ4n) is 4.10. The Morgan fingerprint density at radius 3 is 2.81 bits per heavy atom. The number of hydrogen-bond acceptors (Lipinski definition) is 5. The fourth-order valence-corrected chi connectivity index (χ4v) is 4.10. The molecule has 31 heavy (non-hydrogen) atoms. The van der Waals surface area contributed by atoms with E-state index in [0.717, 1.165) is 0 Å². The van der Waals surface area contributed by atoms with Gasteiger partial charge in [0.15, 0.2) is 0 Å². The van der Waals surface area contributed by atoms with Crippen LogP contribution in [0, 0.1) is 11.8 Å². The van der Waals surface area contributed by atoms with Crippen LogP contribution in [0.3, 0.4) is 0 Å². The molecule has 0 aliphatic carbocycles. The molecular formula is C21H22N4O6. The van der Waals surface area contributed by atoms with Crippen LogP contribution in [0.25, 0.3) is 11.0 Å². The number of carboxylic acid groups (broad SMARTS) is 1. The van der Waals surface area contributed by atoms with Crippen molar-refractivity contribution in [3.8, 4) is 11.8 Å². The highest BCUT2D eigenvalue weighted by molar-refractivity contribution is 6.00. The van der Waals surface area contributed by atoms with Crippen molar-refractivity contribution in [1.82, 2.24) is 19.4 Å². The average molecular weight is 426 g/mol. The third-order valence-corrected chi connectivity index (χ3v) is 5.65. The van der Waals surface area contributed by atoms with Crippen LogP contribution in [0.1, 0.15) is 30.9 Å². The average Bonchev–Trinajstić information content (AvgIpc) is 3.30. The maximum atomic E-state index is 12.9. The molecule has 10 heteroatoms. The Morgan fingerprint density at radius 2 is 2.10 bits per heavy atom. The second-order valence-electron chi connectivity index (χ2n) is 7.60. The third-order valence-electron chi connectivity index (χ3n) is 5.65. The Kier molecular flexibility index (Phi) is 5.52. The summed E-state index contributed by atoms with van der Waals surface area (Å²) < 4.78 is 8.52. The summed E-state index contributed by atoms with van der Waals surface area (Å²) >= 11 is 0. The number of imidazole rings is 1. The van der Waals surface area contributed by atoms with Gasteiger partial charge in [-0.05, 0) is 25.0 Å². The van der Waals surface area contributed by atoms with Crippen molar-refractivity contribution in [2.75, 3.05) is 19.7 Å². The number of carbonyl (C=O) groups is 3. The molecule has 1 aromatic heterocycles. The van der Waals surface area contributed by atoms with Crippen LogP contribution in [0.15, 0.2) is 23.0 Å². The molecular weight excluding hydrogens is 404 g/mol. The number of likely N-dealkylation sites (tertiary alicyclic amines) is 1. The van der Waals surface area contributed by atoms with Gasteiger partial charge in [0.05, 0.1) is 29.2 Å². The van der Waals surface area contributed by atoms with Gasteiger partial charge < -0.3 is 14.7 Å². The smallest absolute Gasteiger partial charge is 0.407 e. The quantitative estimate of drug-likeness (QED) is 0.542. The van der Waals surface area contributed by atoms with Gasteiger partial charge in [-0.3, -0.25) is 24.0 Å². The molecule has 2 aliphatic rings. The number of hydrogen-bond donors (Lipinski definition) is 2. The zero-order valence-corrected chi connectivity index (χ0v) is 17.0. The van der Waals surface area contributed by atoms with Gasteiger partial charge in [0.1, 0.15) is 12.6 Å². The first-order valence-corrected chi connectivity index (χ1v) is 9.98. The number of carbonyl (C=O) groups excluding carboxylic acids is 2. The second-order valence-corrected chi connectivity index (χ2v) is 7.60. The van der Waals surface area contributed by atoms with Crippen molar-refractivity contribution in [2.24, 2.45) is 7.05 Å². The maximum absolute atomic E-state index is 12.9. The molecule has 0 spiro atoms. The van der Waals surface area contributed by atoms with Crippen molar-refractivity contribution in [3.05, 3.63) is 34.2 Å². The molecule has 1 aromatic carbocycles. The molecule has 1 unspecified atom stereocenters. The molecule has 3 amide bonds. The van der Waals surface area contributed by atoms with Crippen LogP contribution in [0.2, 0.25) is 0 Å². The lowest BCUT2D eigenvalue weighted by molar-refractivity contribution is -0.135. The predicted molar refractivity (Wildman–Crippen MR) is 109 cm³/mol. The summed E-state index contributed by atoms with van der Waals surface area (Å²) in [5, 5.41) is 11.3. The molecule has 2 atom stereocenters. The lowest BCUT2D eigenvalue weighted by atomic mass is 10.1. The van der Waals surface area contributed by atoms with Gasteiger partial charge in [0.2, 0.25) is 11.8 Å². The van der Waals surface area contributed by atoms with Crippen LogP contribution in [0.4, 0.5) is 4.79 Å². The summed E-state index contributed by atoms with van der Waals surface area (Å²) in [6.07, 6.45) is -0.0598. The molecule has 0 radical (unpaired) electrons. The molecule has 4 rings (SSSR count). The van der Waals surface area contributed by atoms with E-state index in [9.17, 15) is 19.2 Å². The summed E-state index contributed by atoms with van der Waals surface area (Å²) in [5.74, 6) is 5.12. The van der Waals surface area contributed by atoms with Crippen LogP contribution in [-0.4, -0.2) is 62.8 Å². The minimum Gasteiger partial charge on any atom is -0.465 e. The minimum absolute atomic E-state index is 0.135. The van der Waals surface area contributed by atoms with Crippen LogP contribution in [0.5, 0.6) is 0 Å². The molecule has 2 N–H and O–H groups in total. The van der Waals surface area contributed by atoms with Gasteiger partial charge in [-0.25, -0.2) is 9.59 Å². The molecule has 2 aliphatic heterocycles. The number of aromatic nitrogens is 2. The molecule has 0 saturated carbocycles. The van der Waals surface area contributed by atoms with Gasteiger partial charge in [-0.15, -0.1) is 0 Å². The predicted octanol–water partition coefficient (Wildman–Crippen LogP) is 0.438. The summed E-state index contributed by atoms with van der Waals surface area (Å²) in [6, 6.07) is 4.54. The van der Waals surface area contributed by atoms with Gasteiger partial charge in [0, 0.05) is 20.0 Å². The van der Waals surface area contributed by atoms with Gasteiger partial charge in [0.25, 0.3) is 0 Å². The second kappa shape index (κ2) is 8.28. The fraction of sp³-hybridized carbons (Fsp3) is 0.429. The molecule has 2 saturated heterocycles. The highest BCUT2D eigenvalue weighted by Gasteiger charge is 2.31. The first-order valence-electron chi connectivity index (χ1n) is 9.98. The lowest BCUT2D eigenvalue weighted by Gasteiger charge is -2.21. The zero-order valence-electron chi connectivity index (χ0n) is 17.0. The number of ether oxygens (including phenoxy) is 1. The molecule has 0 bridgehead atoms. The Balaban J connectivity index is 1.56. The summed E-state index contributed by atoms with van der Waals surface area (Å²) in [4.78, 5) is 49.0. The zero-order chi connectivity index (χ0) is 22.1.